The summed E-state index contributed by atoms with van der Waals surface area (Å²) in [5.41, 5.74) is -2.18. The van der Waals surface area contributed by atoms with Gasteiger partial charge in [-0.25, -0.2) is 0 Å². The van der Waals surface area contributed by atoms with Gasteiger partial charge in [-0.15, -0.1) is 0 Å². The van der Waals surface area contributed by atoms with Crippen LogP contribution in [0, 0.1) is 10.1 Å². The predicted molar refractivity (Wildman–Crippen MR) is 90.4 cm³/mol. The molecule has 0 aliphatic carbocycles. The highest BCUT2D eigenvalue weighted by Gasteiger charge is 2.38. The standard InChI is InChI=1S/C16H10Cl2F3NO5/c1-26-14(23)6-8-4-11(17)15(12(18)5-8)27-9-2-3-13(22(24)25)10(7-9)16(19,20)21/h2-5,7H,6H2,1H3. The smallest absolute Gasteiger partial charge is 0.423 e. The number of nitro groups is 1. The number of esters is 1. The Balaban J connectivity index is 2.40. The molecule has 0 fully saturated rings. The molecule has 0 saturated carbocycles. The second-order valence-corrected chi connectivity index (χ2v) is 5.99. The summed E-state index contributed by atoms with van der Waals surface area (Å²) in [7, 11) is 1.20. The van der Waals surface area contributed by atoms with E-state index < -0.39 is 28.3 Å². The van der Waals surface area contributed by atoms with E-state index in [9.17, 15) is 28.1 Å². The van der Waals surface area contributed by atoms with Crippen molar-refractivity contribution in [1.29, 1.82) is 0 Å². The number of hydrogen-bond donors (Lipinski definition) is 0. The monoisotopic (exact) mass is 423 g/mol. The van der Waals surface area contributed by atoms with Crippen molar-refractivity contribution in [2.24, 2.45) is 0 Å². The molecule has 0 aromatic heterocycles. The molecule has 6 nitrogen and oxygen atoms in total. The number of carbonyl (C=O) groups is 1. The topological polar surface area (TPSA) is 78.7 Å². The van der Waals surface area contributed by atoms with Gasteiger partial charge in [0, 0.05) is 6.07 Å². The first kappa shape index (κ1) is 20.8. The summed E-state index contributed by atoms with van der Waals surface area (Å²) in [6.07, 6.45) is -5.08. The maximum absolute atomic E-state index is 13.0. The van der Waals surface area contributed by atoms with Crippen LogP contribution in [0.15, 0.2) is 30.3 Å². The molecule has 0 aliphatic heterocycles. The zero-order chi connectivity index (χ0) is 20.4. The van der Waals surface area contributed by atoms with Crippen LogP contribution < -0.4 is 4.74 Å². The molecule has 2 aromatic carbocycles. The van der Waals surface area contributed by atoms with Crippen molar-refractivity contribution in [1.82, 2.24) is 0 Å². The Bertz CT molecular complexity index is 879. The van der Waals surface area contributed by atoms with Crippen LogP contribution in [0.3, 0.4) is 0 Å². The van der Waals surface area contributed by atoms with Crippen molar-refractivity contribution < 1.29 is 32.4 Å². The number of carbonyl (C=O) groups excluding carboxylic acids is 1. The number of halogens is 5. The molecule has 0 saturated heterocycles. The highest BCUT2D eigenvalue weighted by molar-refractivity contribution is 6.37. The molecule has 0 N–H and O–H groups in total. The summed E-state index contributed by atoms with van der Waals surface area (Å²) < 4.78 is 48.9. The lowest BCUT2D eigenvalue weighted by Crippen LogP contribution is -2.09. The minimum atomic E-state index is -4.96. The first-order valence-corrected chi connectivity index (χ1v) is 7.86. The van der Waals surface area contributed by atoms with E-state index in [1.807, 2.05) is 0 Å². The molecule has 0 radical (unpaired) electrons. The summed E-state index contributed by atoms with van der Waals surface area (Å²) in [6.45, 7) is 0. The summed E-state index contributed by atoms with van der Waals surface area (Å²) >= 11 is 12.1. The van der Waals surface area contributed by atoms with Crippen LogP contribution in [0.25, 0.3) is 0 Å². The van der Waals surface area contributed by atoms with Gasteiger partial charge in [0.25, 0.3) is 5.69 Å². The Morgan fingerprint density at radius 3 is 2.26 bits per heavy atom. The highest BCUT2D eigenvalue weighted by atomic mass is 35.5. The fraction of sp³-hybridized carbons (Fsp3) is 0.188. The zero-order valence-corrected chi connectivity index (χ0v) is 15.0. The predicted octanol–water partition coefficient (Wildman–Crippen LogP) is 5.43. The fourth-order valence-electron chi connectivity index (χ4n) is 2.13. The van der Waals surface area contributed by atoms with E-state index >= 15 is 0 Å². The Morgan fingerprint density at radius 1 is 1.19 bits per heavy atom. The van der Waals surface area contributed by atoms with Gasteiger partial charge in [0.05, 0.1) is 28.5 Å². The van der Waals surface area contributed by atoms with Gasteiger partial charge in [-0.3, -0.25) is 14.9 Å². The maximum Gasteiger partial charge on any atom is 0.423 e. The largest absolute Gasteiger partial charge is 0.469 e. The number of hydrogen-bond acceptors (Lipinski definition) is 5. The molecule has 2 rings (SSSR count). The SMILES string of the molecule is COC(=O)Cc1cc(Cl)c(Oc2ccc([N+](=O)[O-])c(C(F)(F)F)c2)c(Cl)c1. The first-order valence-electron chi connectivity index (χ1n) is 7.11. The van der Waals surface area contributed by atoms with Crippen LogP contribution in [-0.2, 0) is 22.1 Å². The molecular formula is C16H10Cl2F3NO5. The van der Waals surface area contributed by atoms with E-state index in [-0.39, 0.29) is 28.0 Å². The van der Waals surface area contributed by atoms with Gasteiger partial charge in [-0.2, -0.15) is 13.2 Å². The molecule has 0 amide bonds. The van der Waals surface area contributed by atoms with Crippen LogP contribution in [0.2, 0.25) is 10.0 Å². The minimum Gasteiger partial charge on any atom is -0.469 e. The van der Waals surface area contributed by atoms with E-state index in [4.69, 9.17) is 27.9 Å². The van der Waals surface area contributed by atoms with Gasteiger partial charge in [0.2, 0.25) is 0 Å². The maximum atomic E-state index is 13.0. The third-order valence-corrected chi connectivity index (χ3v) is 3.89. The second kappa shape index (κ2) is 8.01. The number of ether oxygens (including phenoxy) is 2. The number of nitro benzene ring substituents is 1. The molecule has 11 heteroatoms. The Kier molecular flexibility index (Phi) is 6.17. The molecule has 0 heterocycles. The van der Waals surface area contributed by atoms with Crippen molar-refractivity contribution in [2.75, 3.05) is 7.11 Å². The molecule has 0 aliphatic rings. The van der Waals surface area contributed by atoms with Gasteiger partial charge >= 0.3 is 12.1 Å². The Labute approximate surface area is 160 Å². The third kappa shape index (κ3) is 5.01. The molecule has 144 valence electrons. The van der Waals surface area contributed by atoms with Gasteiger partial charge in [0.15, 0.2) is 5.75 Å². The molecule has 0 unspecified atom stereocenters. The van der Waals surface area contributed by atoms with Gasteiger partial charge in [-0.05, 0) is 29.8 Å². The van der Waals surface area contributed by atoms with Crippen molar-refractivity contribution in [3.05, 3.63) is 61.6 Å². The summed E-state index contributed by atoms with van der Waals surface area (Å²) in [6, 6.07) is 4.83. The van der Waals surface area contributed by atoms with Crippen LogP contribution in [0.1, 0.15) is 11.1 Å². The first-order chi connectivity index (χ1) is 12.5. The van der Waals surface area contributed by atoms with Crippen molar-refractivity contribution in [3.8, 4) is 11.5 Å². The molecule has 0 bridgehead atoms. The van der Waals surface area contributed by atoms with Crippen molar-refractivity contribution >= 4 is 34.9 Å². The average Bonchev–Trinajstić information content (AvgIpc) is 2.57. The zero-order valence-electron chi connectivity index (χ0n) is 13.5. The van der Waals surface area contributed by atoms with Gasteiger partial charge in [-0.1, -0.05) is 23.2 Å². The van der Waals surface area contributed by atoms with Gasteiger partial charge in [0.1, 0.15) is 11.3 Å². The lowest BCUT2D eigenvalue weighted by molar-refractivity contribution is -0.388. The fourth-order valence-corrected chi connectivity index (χ4v) is 2.74. The lowest BCUT2D eigenvalue weighted by atomic mass is 10.1. The van der Waals surface area contributed by atoms with Crippen LogP contribution >= 0.6 is 23.2 Å². The van der Waals surface area contributed by atoms with E-state index in [2.05, 4.69) is 4.74 Å². The Hall–Kier alpha value is -2.52. The summed E-state index contributed by atoms with van der Waals surface area (Å²) in [5, 5.41) is 10.7. The third-order valence-electron chi connectivity index (χ3n) is 3.32. The molecule has 2 aromatic rings. The minimum absolute atomic E-state index is 0.0617. The van der Waals surface area contributed by atoms with Crippen LogP contribution in [-0.4, -0.2) is 18.0 Å². The quantitative estimate of drug-likeness (QED) is 0.364. The van der Waals surface area contributed by atoms with Gasteiger partial charge < -0.3 is 9.47 Å². The summed E-state index contributed by atoms with van der Waals surface area (Å²) in [4.78, 5) is 20.9. The molecule has 27 heavy (non-hydrogen) atoms. The Morgan fingerprint density at radius 2 is 1.78 bits per heavy atom. The van der Waals surface area contributed by atoms with E-state index in [1.54, 1.807) is 0 Å². The number of nitrogens with zero attached hydrogens (tertiary/aromatic N) is 1. The van der Waals surface area contributed by atoms with Crippen molar-refractivity contribution in [2.45, 2.75) is 12.6 Å². The normalized spacial score (nSPS) is 11.2. The second-order valence-electron chi connectivity index (χ2n) is 5.18. The van der Waals surface area contributed by atoms with Crippen molar-refractivity contribution in [3.63, 3.8) is 0 Å². The number of alkyl halides is 3. The molecule has 0 atom stereocenters. The molecule has 0 spiro atoms. The average molecular weight is 424 g/mol. The lowest BCUT2D eigenvalue weighted by Gasteiger charge is -2.13. The van der Waals surface area contributed by atoms with E-state index in [0.29, 0.717) is 17.7 Å². The number of benzene rings is 2. The highest BCUT2D eigenvalue weighted by Crippen LogP contribution is 2.42. The number of rotatable bonds is 5. The summed E-state index contributed by atoms with van der Waals surface area (Å²) in [5.74, 6) is -1.05. The van der Waals surface area contributed by atoms with Crippen LogP contribution in [0.5, 0.6) is 11.5 Å². The van der Waals surface area contributed by atoms with E-state index in [1.165, 1.54) is 19.2 Å². The number of methoxy groups -OCH3 is 1. The van der Waals surface area contributed by atoms with Crippen LogP contribution in [0.4, 0.5) is 18.9 Å². The van der Waals surface area contributed by atoms with E-state index in [0.717, 1.165) is 6.07 Å². The molecular weight excluding hydrogens is 414 g/mol.